The van der Waals surface area contributed by atoms with Crippen LogP contribution in [0.15, 0.2) is 41.2 Å². The molecule has 0 bridgehead atoms. The first-order valence-corrected chi connectivity index (χ1v) is 10.2. The maximum atomic E-state index is 12.3. The van der Waals surface area contributed by atoms with Gasteiger partial charge in [0.25, 0.3) is 5.91 Å². The highest BCUT2D eigenvalue weighted by molar-refractivity contribution is 6.32. The molecule has 3 rings (SSSR count). The largest absolute Gasteiger partial charge is 0.491 e. The van der Waals surface area contributed by atoms with Crippen molar-refractivity contribution in [1.29, 1.82) is 0 Å². The minimum absolute atomic E-state index is 0.0222. The zero-order valence-corrected chi connectivity index (χ0v) is 17.8. The molecule has 8 heteroatoms. The van der Waals surface area contributed by atoms with E-state index in [1.807, 2.05) is 6.92 Å². The van der Waals surface area contributed by atoms with Crippen molar-refractivity contribution >= 4 is 29.5 Å². The Morgan fingerprint density at radius 1 is 1.33 bits per heavy atom. The summed E-state index contributed by atoms with van der Waals surface area (Å²) in [6.45, 7) is 3.52. The molecule has 0 aliphatic carbocycles. The van der Waals surface area contributed by atoms with Gasteiger partial charge < -0.3 is 24.1 Å². The van der Waals surface area contributed by atoms with Gasteiger partial charge in [0.05, 0.1) is 30.6 Å². The standard InChI is InChI=1S/C22H25ClN2O5/c1-3-30-19-13-15(12-18(23)21(19)28-2)4-5-20(26)24-17-6-9-25(10-7-17)22(27)16-8-11-29-14-16/h4-5,8,11-14,17H,3,6-7,9-10H2,1-2H3,(H,24,26)/b5-4+. The number of furan rings is 1. The van der Waals surface area contributed by atoms with Crippen LogP contribution in [0.4, 0.5) is 0 Å². The third-order valence-corrected chi connectivity index (χ3v) is 5.14. The van der Waals surface area contributed by atoms with Gasteiger partial charge in [-0.2, -0.15) is 0 Å². The second-order valence-electron chi connectivity index (χ2n) is 6.89. The van der Waals surface area contributed by atoms with Crippen molar-refractivity contribution < 1.29 is 23.5 Å². The SMILES string of the molecule is CCOc1cc(/C=C/C(=O)NC2CCN(C(=O)c3ccoc3)CC2)cc(Cl)c1OC. The maximum Gasteiger partial charge on any atom is 0.257 e. The van der Waals surface area contributed by atoms with E-state index >= 15 is 0 Å². The van der Waals surface area contributed by atoms with Gasteiger partial charge in [0, 0.05) is 25.2 Å². The summed E-state index contributed by atoms with van der Waals surface area (Å²) in [6, 6.07) is 5.17. The molecule has 30 heavy (non-hydrogen) atoms. The van der Waals surface area contributed by atoms with Gasteiger partial charge in [-0.05, 0) is 49.6 Å². The van der Waals surface area contributed by atoms with Crippen LogP contribution in [0.2, 0.25) is 5.02 Å². The number of hydrogen-bond donors (Lipinski definition) is 1. The van der Waals surface area contributed by atoms with Gasteiger partial charge in [-0.1, -0.05) is 11.6 Å². The van der Waals surface area contributed by atoms with Crippen LogP contribution in [0.25, 0.3) is 6.08 Å². The molecule has 2 aromatic rings. The number of methoxy groups -OCH3 is 1. The number of ether oxygens (including phenoxy) is 2. The molecule has 7 nitrogen and oxygen atoms in total. The summed E-state index contributed by atoms with van der Waals surface area (Å²) in [4.78, 5) is 26.4. The molecule has 1 fully saturated rings. The Bertz CT molecular complexity index is 903. The van der Waals surface area contributed by atoms with Gasteiger partial charge in [-0.3, -0.25) is 9.59 Å². The molecular formula is C22H25ClN2O5. The fraction of sp³-hybridized carbons (Fsp3) is 0.364. The third-order valence-electron chi connectivity index (χ3n) is 4.86. The van der Waals surface area contributed by atoms with Crippen LogP contribution in [0.5, 0.6) is 11.5 Å². The van der Waals surface area contributed by atoms with Gasteiger partial charge in [0.1, 0.15) is 6.26 Å². The zero-order chi connectivity index (χ0) is 21.5. The summed E-state index contributed by atoms with van der Waals surface area (Å²) >= 11 is 6.24. The van der Waals surface area contributed by atoms with Crippen molar-refractivity contribution in [1.82, 2.24) is 10.2 Å². The number of benzene rings is 1. The Hall–Kier alpha value is -2.93. The van der Waals surface area contributed by atoms with Gasteiger partial charge in [0.2, 0.25) is 5.91 Å². The number of carbonyl (C=O) groups is 2. The van der Waals surface area contributed by atoms with E-state index < -0.39 is 0 Å². The fourth-order valence-corrected chi connectivity index (χ4v) is 3.66. The first-order valence-electron chi connectivity index (χ1n) is 9.82. The number of piperidine rings is 1. The van der Waals surface area contributed by atoms with Crippen LogP contribution in [-0.4, -0.2) is 49.6 Å². The molecule has 2 heterocycles. The number of rotatable bonds is 7. The number of amides is 2. The number of carbonyl (C=O) groups excluding carboxylic acids is 2. The molecule has 0 spiro atoms. The lowest BCUT2D eigenvalue weighted by Gasteiger charge is -2.32. The van der Waals surface area contributed by atoms with E-state index in [0.717, 1.165) is 5.56 Å². The molecule has 1 N–H and O–H groups in total. The van der Waals surface area contributed by atoms with Gasteiger partial charge in [0.15, 0.2) is 11.5 Å². The normalized spacial score (nSPS) is 14.7. The number of nitrogens with one attached hydrogen (secondary N) is 1. The summed E-state index contributed by atoms with van der Waals surface area (Å²) < 4.78 is 15.8. The van der Waals surface area contributed by atoms with Crippen molar-refractivity contribution in [3.8, 4) is 11.5 Å². The van der Waals surface area contributed by atoms with E-state index in [0.29, 0.717) is 54.6 Å². The summed E-state index contributed by atoms with van der Waals surface area (Å²) in [5, 5.41) is 3.40. The van der Waals surface area contributed by atoms with Crippen LogP contribution in [0, 0.1) is 0 Å². The minimum Gasteiger partial charge on any atom is -0.491 e. The van der Waals surface area contributed by atoms with Crippen molar-refractivity contribution in [3.05, 3.63) is 53.0 Å². The topological polar surface area (TPSA) is 81.0 Å². The molecule has 0 atom stereocenters. The molecular weight excluding hydrogens is 408 g/mol. The quantitative estimate of drug-likeness (QED) is 0.673. The smallest absolute Gasteiger partial charge is 0.257 e. The first-order chi connectivity index (χ1) is 14.5. The van der Waals surface area contributed by atoms with Crippen LogP contribution < -0.4 is 14.8 Å². The highest BCUT2D eigenvalue weighted by atomic mass is 35.5. The van der Waals surface area contributed by atoms with E-state index in [1.165, 1.54) is 25.7 Å². The number of hydrogen-bond acceptors (Lipinski definition) is 5. The predicted octanol–water partition coefficient (Wildman–Crippen LogP) is 3.77. The molecule has 1 aromatic heterocycles. The molecule has 1 aromatic carbocycles. The van der Waals surface area contributed by atoms with E-state index in [1.54, 1.807) is 29.2 Å². The van der Waals surface area contributed by atoms with Crippen molar-refractivity contribution in [2.45, 2.75) is 25.8 Å². The summed E-state index contributed by atoms with van der Waals surface area (Å²) in [5.41, 5.74) is 1.28. The first kappa shape index (κ1) is 21.8. The van der Waals surface area contributed by atoms with E-state index in [2.05, 4.69) is 5.32 Å². The van der Waals surface area contributed by atoms with Crippen LogP contribution in [0.1, 0.15) is 35.7 Å². The second-order valence-corrected chi connectivity index (χ2v) is 7.29. The van der Waals surface area contributed by atoms with Crippen LogP contribution in [0.3, 0.4) is 0 Å². The van der Waals surface area contributed by atoms with Gasteiger partial charge >= 0.3 is 0 Å². The lowest BCUT2D eigenvalue weighted by molar-refractivity contribution is -0.117. The molecule has 1 aliphatic rings. The average molecular weight is 433 g/mol. The molecule has 0 saturated carbocycles. The Morgan fingerprint density at radius 2 is 2.10 bits per heavy atom. The van der Waals surface area contributed by atoms with Crippen molar-refractivity contribution in [2.24, 2.45) is 0 Å². The lowest BCUT2D eigenvalue weighted by Crippen LogP contribution is -2.46. The second kappa shape index (κ2) is 10.2. The molecule has 0 radical (unpaired) electrons. The minimum atomic E-state index is -0.195. The number of nitrogens with zero attached hydrogens (tertiary/aromatic N) is 1. The van der Waals surface area contributed by atoms with Crippen molar-refractivity contribution in [2.75, 3.05) is 26.8 Å². The van der Waals surface area contributed by atoms with E-state index in [4.69, 9.17) is 25.5 Å². The van der Waals surface area contributed by atoms with Crippen LogP contribution >= 0.6 is 11.6 Å². The van der Waals surface area contributed by atoms with E-state index in [-0.39, 0.29) is 17.9 Å². The van der Waals surface area contributed by atoms with Crippen LogP contribution in [-0.2, 0) is 4.79 Å². The average Bonchev–Trinajstić information content (AvgIpc) is 3.27. The van der Waals surface area contributed by atoms with Gasteiger partial charge in [-0.25, -0.2) is 0 Å². The third kappa shape index (κ3) is 5.36. The molecule has 160 valence electrons. The Morgan fingerprint density at radius 3 is 2.73 bits per heavy atom. The zero-order valence-electron chi connectivity index (χ0n) is 17.0. The molecule has 1 aliphatic heterocycles. The summed E-state index contributed by atoms with van der Waals surface area (Å²) in [5.74, 6) is 0.758. The summed E-state index contributed by atoms with van der Waals surface area (Å²) in [7, 11) is 1.53. The molecule has 0 unspecified atom stereocenters. The predicted molar refractivity (Wildman–Crippen MR) is 114 cm³/mol. The van der Waals surface area contributed by atoms with Crippen molar-refractivity contribution in [3.63, 3.8) is 0 Å². The highest BCUT2D eigenvalue weighted by Crippen LogP contribution is 2.36. The molecule has 2 amide bonds. The Balaban J connectivity index is 1.54. The lowest BCUT2D eigenvalue weighted by atomic mass is 10.0. The van der Waals surface area contributed by atoms with Gasteiger partial charge in [-0.15, -0.1) is 0 Å². The Kier molecular flexibility index (Phi) is 7.41. The monoisotopic (exact) mass is 432 g/mol. The van der Waals surface area contributed by atoms with E-state index in [9.17, 15) is 9.59 Å². The summed E-state index contributed by atoms with van der Waals surface area (Å²) in [6.07, 6.45) is 7.49. The Labute approximate surface area is 180 Å². The fourth-order valence-electron chi connectivity index (χ4n) is 3.36. The number of likely N-dealkylation sites (tertiary alicyclic amines) is 1. The number of halogens is 1. The maximum absolute atomic E-state index is 12.3. The highest BCUT2D eigenvalue weighted by Gasteiger charge is 2.24. The molecule has 1 saturated heterocycles.